The number of Topliss-reactive ketones (excluding diaryl/α,β-unsaturated/α-hetero) is 1. The summed E-state index contributed by atoms with van der Waals surface area (Å²) in [5.41, 5.74) is 0.711. The van der Waals surface area contributed by atoms with E-state index in [-0.39, 0.29) is 17.0 Å². The van der Waals surface area contributed by atoms with Crippen LogP contribution in [-0.2, 0) is 4.79 Å². The van der Waals surface area contributed by atoms with Crippen LogP contribution in [0.3, 0.4) is 0 Å². The van der Waals surface area contributed by atoms with Crippen LogP contribution in [0.25, 0.3) is 0 Å². The van der Waals surface area contributed by atoms with Crippen molar-refractivity contribution in [2.75, 3.05) is 0 Å². The predicted molar refractivity (Wildman–Crippen MR) is 45.7 cm³/mol. The lowest BCUT2D eigenvalue weighted by molar-refractivity contribution is -0.123. The number of fused-ring (bicyclic) bond motifs is 1. The van der Waals surface area contributed by atoms with Crippen molar-refractivity contribution in [2.24, 2.45) is 17.3 Å². The van der Waals surface area contributed by atoms with Crippen molar-refractivity contribution in [3.05, 3.63) is 11.3 Å². The molecule has 12 heavy (non-hydrogen) atoms. The molecule has 0 spiro atoms. The van der Waals surface area contributed by atoms with Crippen LogP contribution >= 0.6 is 0 Å². The number of carbonyl (C=O) groups is 1. The molecule has 0 aromatic heterocycles. The summed E-state index contributed by atoms with van der Waals surface area (Å²) in [5, 5.41) is 9.41. The molecule has 0 saturated heterocycles. The minimum atomic E-state index is -0.200. The molecule has 0 aliphatic heterocycles. The van der Waals surface area contributed by atoms with Crippen LogP contribution in [0, 0.1) is 17.3 Å². The lowest BCUT2D eigenvalue weighted by Crippen LogP contribution is -2.21. The van der Waals surface area contributed by atoms with Gasteiger partial charge < -0.3 is 5.11 Å². The molecule has 2 aliphatic rings. The quantitative estimate of drug-likeness (QED) is 0.647. The summed E-state index contributed by atoms with van der Waals surface area (Å²) in [5.74, 6) is 0.736. The second kappa shape index (κ2) is 1.93. The molecule has 0 aromatic carbocycles. The summed E-state index contributed by atoms with van der Waals surface area (Å²) >= 11 is 0. The molecular weight excluding hydrogens is 152 g/mol. The average Bonchev–Trinajstić information content (AvgIpc) is 2.71. The van der Waals surface area contributed by atoms with E-state index in [4.69, 9.17) is 0 Å². The molecule has 2 atom stereocenters. The maximum Gasteiger partial charge on any atom is 0.204 e. The fourth-order valence-electron chi connectivity index (χ4n) is 2.53. The SMILES string of the molecule is CC1=C(O)C(=O)C2(C(C)C)CC12. The Labute approximate surface area is 72.3 Å². The van der Waals surface area contributed by atoms with Crippen LogP contribution in [0.1, 0.15) is 27.2 Å². The zero-order valence-electron chi connectivity index (χ0n) is 7.72. The van der Waals surface area contributed by atoms with E-state index in [1.54, 1.807) is 0 Å². The van der Waals surface area contributed by atoms with Crippen LogP contribution in [0.5, 0.6) is 0 Å². The van der Waals surface area contributed by atoms with Gasteiger partial charge in [-0.15, -0.1) is 0 Å². The fourth-order valence-corrected chi connectivity index (χ4v) is 2.53. The van der Waals surface area contributed by atoms with Gasteiger partial charge in [0.05, 0.1) is 0 Å². The molecule has 66 valence electrons. The Hall–Kier alpha value is -0.790. The van der Waals surface area contributed by atoms with E-state index < -0.39 is 0 Å². The highest BCUT2D eigenvalue weighted by Gasteiger charge is 2.67. The van der Waals surface area contributed by atoms with E-state index >= 15 is 0 Å². The van der Waals surface area contributed by atoms with E-state index in [0.29, 0.717) is 11.8 Å². The minimum absolute atomic E-state index is 0.0139. The Morgan fingerprint density at radius 2 is 2.17 bits per heavy atom. The number of aliphatic hydroxyl groups is 1. The number of hydrogen-bond donors (Lipinski definition) is 1. The summed E-state index contributed by atoms with van der Waals surface area (Å²) in [6.45, 7) is 5.99. The van der Waals surface area contributed by atoms with E-state index in [2.05, 4.69) is 13.8 Å². The zero-order valence-corrected chi connectivity index (χ0v) is 7.72. The maximum absolute atomic E-state index is 11.6. The molecule has 2 heteroatoms. The number of allylic oxidation sites excluding steroid dienone is 2. The van der Waals surface area contributed by atoms with Crippen molar-refractivity contribution in [1.29, 1.82) is 0 Å². The highest BCUT2D eigenvalue weighted by Crippen LogP contribution is 2.66. The summed E-state index contributed by atoms with van der Waals surface area (Å²) in [7, 11) is 0. The van der Waals surface area contributed by atoms with Crippen LogP contribution in [-0.4, -0.2) is 10.9 Å². The minimum Gasteiger partial charge on any atom is -0.504 e. The first-order chi connectivity index (χ1) is 5.51. The number of rotatable bonds is 1. The van der Waals surface area contributed by atoms with Crippen LogP contribution in [0.2, 0.25) is 0 Å². The Balaban J connectivity index is 2.39. The summed E-state index contributed by atoms with van der Waals surface area (Å²) < 4.78 is 0. The number of carbonyl (C=O) groups excluding carboxylic acids is 1. The molecule has 1 saturated carbocycles. The molecular formula is C10H14O2. The molecule has 2 unspecified atom stereocenters. The Bertz CT molecular complexity index is 288. The third kappa shape index (κ3) is 0.598. The Kier molecular flexibility index (Phi) is 1.26. The molecule has 0 bridgehead atoms. The van der Waals surface area contributed by atoms with Gasteiger partial charge in [0.2, 0.25) is 5.78 Å². The number of aliphatic hydroxyl groups excluding tert-OH is 1. The zero-order chi connectivity index (χ0) is 9.09. The fraction of sp³-hybridized carbons (Fsp3) is 0.700. The molecule has 2 rings (SSSR count). The van der Waals surface area contributed by atoms with Crippen molar-refractivity contribution >= 4 is 5.78 Å². The second-order valence-corrected chi connectivity index (χ2v) is 4.31. The third-order valence-electron chi connectivity index (χ3n) is 3.57. The molecule has 0 aromatic rings. The van der Waals surface area contributed by atoms with Gasteiger partial charge in [0.25, 0.3) is 0 Å². The van der Waals surface area contributed by atoms with Gasteiger partial charge in [0.1, 0.15) is 0 Å². The summed E-state index contributed by atoms with van der Waals surface area (Å²) in [4.78, 5) is 11.6. The first kappa shape index (κ1) is 7.84. The molecule has 0 heterocycles. The van der Waals surface area contributed by atoms with E-state index in [9.17, 15) is 9.90 Å². The third-order valence-corrected chi connectivity index (χ3v) is 3.57. The summed E-state index contributed by atoms with van der Waals surface area (Å²) in [6.07, 6.45) is 0.958. The van der Waals surface area contributed by atoms with Crippen LogP contribution in [0.4, 0.5) is 0 Å². The van der Waals surface area contributed by atoms with E-state index in [1.807, 2.05) is 6.92 Å². The predicted octanol–water partition coefficient (Wildman–Crippen LogP) is 2.06. The van der Waals surface area contributed by atoms with Crippen molar-refractivity contribution in [3.8, 4) is 0 Å². The van der Waals surface area contributed by atoms with Gasteiger partial charge in [0.15, 0.2) is 5.76 Å². The van der Waals surface area contributed by atoms with Crippen molar-refractivity contribution in [1.82, 2.24) is 0 Å². The monoisotopic (exact) mass is 166 g/mol. The average molecular weight is 166 g/mol. The molecule has 0 radical (unpaired) electrons. The van der Waals surface area contributed by atoms with E-state index in [1.165, 1.54) is 0 Å². The molecule has 1 fully saturated rings. The van der Waals surface area contributed by atoms with Gasteiger partial charge in [-0.1, -0.05) is 13.8 Å². The van der Waals surface area contributed by atoms with Gasteiger partial charge >= 0.3 is 0 Å². The molecule has 1 N–H and O–H groups in total. The molecule has 0 amide bonds. The highest BCUT2D eigenvalue weighted by atomic mass is 16.3. The Morgan fingerprint density at radius 1 is 1.58 bits per heavy atom. The highest BCUT2D eigenvalue weighted by molar-refractivity contribution is 6.04. The van der Waals surface area contributed by atoms with Gasteiger partial charge in [-0.25, -0.2) is 0 Å². The van der Waals surface area contributed by atoms with Gasteiger partial charge in [0, 0.05) is 5.41 Å². The molecule has 2 aliphatic carbocycles. The van der Waals surface area contributed by atoms with Gasteiger partial charge in [-0.2, -0.15) is 0 Å². The number of hydrogen-bond acceptors (Lipinski definition) is 2. The van der Waals surface area contributed by atoms with Crippen molar-refractivity contribution in [3.63, 3.8) is 0 Å². The molecule has 2 nitrogen and oxygen atoms in total. The van der Waals surface area contributed by atoms with Crippen molar-refractivity contribution < 1.29 is 9.90 Å². The first-order valence-electron chi connectivity index (χ1n) is 4.46. The summed E-state index contributed by atoms with van der Waals surface area (Å²) in [6, 6.07) is 0. The second-order valence-electron chi connectivity index (χ2n) is 4.31. The van der Waals surface area contributed by atoms with Crippen LogP contribution < -0.4 is 0 Å². The lowest BCUT2D eigenvalue weighted by Gasteiger charge is -2.14. The smallest absolute Gasteiger partial charge is 0.204 e. The maximum atomic E-state index is 11.6. The van der Waals surface area contributed by atoms with Gasteiger partial charge in [-0.3, -0.25) is 4.79 Å². The van der Waals surface area contributed by atoms with Crippen LogP contribution in [0.15, 0.2) is 11.3 Å². The van der Waals surface area contributed by atoms with Gasteiger partial charge in [-0.05, 0) is 30.8 Å². The number of ketones is 1. The standard InChI is InChI=1S/C10H14O2/c1-5(2)10-4-7(10)6(3)8(11)9(10)12/h5,7,11H,4H2,1-3H3. The largest absolute Gasteiger partial charge is 0.504 e. The first-order valence-corrected chi connectivity index (χ1v) is 4.46. The normalized spacial score (nSPS) is 39.3. The van der Waals surface area contributed by atoms with Crippen molar-refractivity contribution in [2.45, 2.75) is 27.2 Å². The lowest BCUT2D eigenvalue weighted by atomic mass is 9.88. The topological polar surface area (TPSA) is 37.3 Å². The van der Waals surface area contributed by atoms with E-state index in [0.717, 1.165) is 12.0 Å². The Morgan fingerprint density at radius 3 is 2.42 bits per heavy atom.